The fourth-order valence-corrected chi connectivity index (χ4v) is 5.83. The molecule has 1 aromatic carbocycles. The number of nitrogens with zero attached hydrogens (tertiary/aromatic N) is 2. The Morgan fingerprint density at radius 3 is 0.935 bits per heavy atom. The Labute approximate surface area is 284 Å². The summed E-state index contributed by atoms with van der Waals surface area (Å²) in [7, 11) is 0. The minimum atomic E-state index is -0.329. The second kappa shape index (κ2) is 30.4. The van der Waals surface area contributed by atoms with E-state index in [-0.39, 0.29) is 11.9 Å². The van der Waals surface area contributed by atoms with E-state index in [1.54, 1.807) is 24.3 Å². The Bertz CT molecular complexity index is 751. The van der Waals surface area contributed by atoms with Crippen LogP contribution in [0.4, 0.5) is 0 Å². The van der Waals surface area contributed by atoms with Gasteiger partial charge in [0.1, 0.15) is 0 Å². The second-order valence-corrected chi connectivity index (χ2v) is 13.2. The van der Waals surface area contributed by atoms with Gasteiger partial charge in [-0.2, -0.15) is 0 Å². The van der Waals surface area contributed by atoms with Crippen molar-refractivity contribution in [3.8, 4) is 0 Å². The van der Waals surface area contributed by atoms with Gasteiger partial charge in [0.15, 0.2) is 0 Å². The number of rotatable bonds is 32. The molecule has 0 bridgehead atoms. The summed E-state index contributed by atoms with van der Waals surface area (Å²) < 4.78 is 11.1. The van der Waals surface area contributed by atoms with Crippen molar-refractivity contribution in [2.45, 2.75) is 156 Å². The Morgan fingerprint density at radius 2 is 0.674 bits per heavy atom. The van der Waals surface area contributed by atoms with Gasteiger partial charge in [0.05, 0.1) is 24.3 Å². The summed E-state index contributed by atoms with van der Waals surface area (Å²) in [5, 5.41) is 0. The Morgan fingerprint density at radius 1 is 0.413 bits per heavy atom. The lowest BCUT2D eigenvalue weighted by Gasteiger charge is -2.22. The molecular weight excluding hydrogens is 572 g/mol. The van der Waals surface area contributed by atoms with Gasteiger partial charge >= 0.3 is 11.9 Å². The molecule has 0 spiro atoms. The summed E-state index contributed by atoms with van der Waals surface area (Å²) >= 11 is 0. The third-order valence-corrected chi connectivity index (χ3v) is 8.87. The summed E-state index contributed by atoms with van der Waals surface area (Å²) in [4.78, 5) is 30.3. The van der Waals surface area contributed by atoms with Crippen LogP contribution in [-0.4, -0.2) is 74.2 Å². The van der Waals surface area contributed by atoms with Gasteiger partial charge in [0, 0.05) is 0 Å². The zero-order valence-electron chi connectivity index (χ0n) is 30.6. The van der Waals surface area contributed by atoms with Gasteiger partial charge < -0.3 is 19.3 Å². The summed E-state index contributed by atoms with van der Waals surface area (Å²) in [5.74, 6) is -0.658. The van der Waals surface area contributed by atoms with Crippen molar-refractivity contribution in [1.82, 2.24) is 9.80 Å². The highest BCUT2D eigenvalue weighted by atomic mass is 16.5. The maximum atomic E-state index is 12.6. The SMILES string of the molecule is CCCCCCN(CCCCCC)CCCCOC(=O)c1ccc(C(=O)OCCCCN(CCCCCC)CCCCCC)cc1. The second-order valence-electron chi connectivity index (χ2n) is 13.2. The number of hydrogen-bond donors (Lipinski definition) is 0. The van der Waals surface area contributed by atoms with Gasteiger partial charge in [-0.1, -0.05) is 105 Å². The first-order chi connectivity index (χ1) is 22.5. The molecule has 46 heavy (non-hydrogen) atoms. The maximum Gasteiger partial charge on any atom is 0.338 e. The van der Waals surface area contributed by atoms with Crippen LogP contribution in [-0.2, 0) is 9.47 Å². The molecule has 0 unspecified atom stereocenters. The topological polar surface area (TPSA) is 59.1 Å². The number of carbonyl (C=O) groups is 2. The van der Waals surface area contributed by atoms with Gasteiger partial charge in [-0.05, 0) is 115 Å². The molecule has 0 radical (unpaired) electrons. The predicted octanol–water partition coefficient (Wildman–Crippen LogP) is 10.5. The van der Waals surface area contributed by atoms with E-state index in [9.17, 15) is 9.59 Å². The monoisotopic (exact) mass is 645 g/mol. The van der Waals surface area contributed by atoms with Crippen molar-refractivity contribution in [3.63, 3.8) is 0 Å². The number of hydrogen-bond acceptors (Lipinski definition) is 6. The number of esters is 2. The molecule has 0 heterocycles. The molecule has 0 aliphatic rings. The van der Waals surface area contributed by atoms with Crippen LogP contribution < -0.4 is 0 Å². The van der Waals surface area contributed by atoms with Crippen LogP contribution in [0.5, 0.6) is 0 Å². The van der Waals surface area contributed by atoms with Crippen molar-refractivity contribution < 1.29 is 19.1 Å². The van der Waals surface area contributed by atoms with Crippen LogP contribution in [0, 0.1) is 0 Å². The maximum absolute atomic E-state index is 12.6. The average Bonchev–Trinajstić information content (AvgIpc) is 3.07. The van der Waals surface area contributed by atoms with E-state index in [4.69, 9.17) is 9.47 Å². The molecule has 0 aliphatic carbocycles. The molecule has 0 aromatic heterocycles. The molecule has 0 saturated carbocycles. The summed E-state index contributed by atoms with van der Waals surface area (Å²) in [5.41, 5.74) is 0.950. The first-order valence-electron chi connectivity index (χ1n) is 19.4. The summed E-state index contributed by atoms with van der Waals surface area (Å²) in [6.07, 6.45) is 24.5. The normalized spacial score (nSPS) is 11.4. The number of carbonyl (C=O) groups excluding carboxylic acids is 2. The van der Waals surface area contributed by atoms with E-state index in [0.717, 1.165) is 38.8 Å². The zero-order valence-corrected chi connectivity index (χ0v) is 30.6. The smallest absolute Gasteiger partial charge is 0.338 e. The Balaban J connectivity index is 2.32. The average molecular weight is 645 g/mol. The molecule has 0 N–H and O–H groups in total. The first-order valence-corrected chi connectivity index (χ1v) is 19.4. The molecule has 1 rings (SSSR count). The molecule has 1 aromatic rings. The van der Waals surface area contributed by atoms with Crippen LogP contribution >= 0.6 is 0 Å². The highest BCUT2D eigenvalue weighted by Gasteiger charge is 2.12. The van der Waals surface area contributed by atoms with Crippen molar-refractivity contribution in [3.05, 3.63) is 35.4 Å². The number of unbranched alkanes of at least 4 members (excludes halogenated alkanes) is 14. The molecule has 0 atom stereocenters. The summed E-state index contributed by atoms with van der Waals surface area (Å²) in [6.45, 7) is 16.7. The van der Waals surface area contributed by atoms with E-state index in [0.29, 0.717) is 24.3 Å². The fourth-order valence-electron chi connectivity index (χ4n) is 5.83. The van der Waals surface area contributed by atoms with Crippen molar-refractivity contribution in [2.75, 3.05) is 52.5 Å². The lowest BCUT2D eigenvalue weighted by molar-refractivity contribution is 0.0480. The Kier molecular flexibility index (Phi) is 27.8. The standard InChI is InChI=1S/C40H72N2O4/c1-5-9-13-17-29-41(30-18-14-10-6-2)33-21-23-35-45-39(43)37-25-27-38(28-26-37)40(44)46-36-24-22-34-42(31-19-15-11-7-3)32-20-16-12-8-4/h25-28H,5-24,29-36H2,1-4H3. The van der Waals surface area contributed by atoms with Gasteiger partial charge in [-0.15, -0.1) is 0 Å². The van der Waals surface area contributed by atoms with E-state index in [1.165, 1.54) is 129 Å². The molecule has 0 fully saturated rings. The molecule has 0 aliphatic heterocycles. The van der Waals surface area contributed by atoms with E-state index < -0.39 is 0 Å². The van der Waals surface area contributed by atoms with Gasteiger partial charge in [-0.3, -0.25) is 0 Å². The number of benzene rings is 1. The third-order valence-electron chi connectivity index (χ3n) is 8.87. The van der Waals surface area contributed by atoms with E-state index in [2.05, 4.69) is 37.5 Å². The van der Waals surface area contributed by atoms with Crippen molar-refractivity contribution in [1.29, 1.82) is 0 Å². The van der Waals surface area contributed by atoms with Crippen LogP contribution in [0.3, 0.4) is 0 Å². The molecule has 0 saturated heterocycles. The van der Waals surface area contributed by atoms with Gasteiger partial charge in [0.25, 0.3) is 0 Å². The summed E-state index contributed by atoms with van der Waals surface area (Å²) in [6, 6.07) is 6.68. The minimum absolute atomic E-state index is 0.329. The molecule has 0 amide bonds. The van der Waals surface area contributed by atoms with Crippen LogP contribution in [0.15, 0.2) is 24.3 Å². The zero-order chi connectivity index (χ0) is 33.5. The van der Waals surface area contributed by atoms with Gasteiger partial charge in [-0.25, -0.2) is 9.59 Å². The minimum Gasteiger partial charge on any atom is -0.462 e. The highest BCUT2D eigenvalue weighted by molar-refractivity contribution is 5.93. The Hall–Kier alpha value is -1.92. The lowest BCUT2D eigenvalue weighted by atomic mass is 10.1. The van der Waals surface area contributed by atoms with Crippen molar-refractivity contribution in [2.24, 2.45) is 0 Å². The highest BCUT2D eigenvalue weighted by Crippen LogP contribution is 2.11. The molecule has 266 valence electrons. The third kappa shape index (κ3) is 22.6. The molecule has 6 nitrogen and oxygen atoms in total. The van der Waals surface area contributed by atoms with Crippen LogP contribution in [0.1, 0.15) is 177 Å². The largest absolute Gasteiger partial charge is 0.462 e. The predicted molar refractivity (Wildman–Crippen MR) is 195 cm³/mol. The molecular formula is C40H72N2O4. The van der Waals surface area contributed by atoms with Gasteiger partial charge in [0.2, 0.25) is 0 Å². The van der Waals surface area contributed by atoms with E-state index in [1.807, 2.05) is 0 Å². The molecule has 6 heteroatoms. The van der Waals surface area contributed by atoms with E-state index >= 15 is 0 Å². The lowest BCUT2D eigenvalue weighted by Crippen LogP contribution is -2.27. The van der Waals surface area contributed by atoms with Crippen LogP contribution in [0.2, 0.25) is 0 Å². The fraction of sp³-hybridized carbons (Fsp3) is 0.800. The van der Waals surface area contributed by atoms with Crippen molar-refractivity contribution >= 4 is 11.9 Å². The van der Waals surface area contributed by atoms with Crippen LogP contribution in [0.25, 0.3) is 0 Å². The first kappa shape index (κ1) is 42.1. The number of ether oxygens (including phenoxy) is 2. The quantitative estimate of drug-likeness (QED) is 0.0574.